The van der Waals surface area contributed by atoms with Crippen LogP contribution in [0, 0.1) is 0 Å². The average Bonchev–Trinajstić information content (AvgIpc) is 3.12. The fourth-order valence-electron chi connectivity index (χ4n) is 3.41. The molecule has 1 aliphatic rings. The van der Waals surface area contributed by atoms with Gasteiger partial charge in [-0.15, -0.1) is 0 Å². The summed E-state index contributed by atoms with van der Waals surface area (Å²) >= 11 is 4.33. The molecule has 1 aliphatic heterocycles. The van der Waals surface area contributed by atoms with Crippen molar-refractivity contribution < 1.29 is 19.1 Å². The van der Waals surface area contributed by atoms with Crippen molar-refractivity contribution >= 4 is 56.5 Å². The summed E-state index contributed by atoms with van der Waals surface area (Å²) in [4.78, 5) is 38.9. The summed E-state index contributed by atoms with van der Waals surface area (Å²) in [6, 6.07) is 22.7. The number of anilines is 1. The topological polar surface area (TPSA) is 75.7 Å². The van der Waals surface area contributed by atoms with Crippen molar-refractivity contribution in [3.63, 3.8) is 0 Å². The highest BCUT2D eigenvalue weighted by Gasteiger charge is 2.36. The summed E-state index contributed by atoms with van der Waals surface area (Å²) in [5.74, 6) is -0.250. The highest BCUT2D eigenvalue weighted by Crippen LogP contribution is 2.34. The lowest BCUT2D eigenvalue weighted by Crippen LogP contribution is -2.36. The Morgan fingerprint density at radius 2 is 1.77 bits per heavy atom. The summed E-state index contributed by atoms with van der Waals surface area (Å²) < 4.78 is 6.59. The summed E-state index contributed by atoms with van der Waals surface area (Å²) in [6.07, 6.45) is 2.54. The SMILES string of the molecule is CCc1ccc(NC(=O)CN2C(=O)S/C(=C/c3ccc(OCc4ccccc4)c(Br)c3)C2=O)cc1. The Hall–Kier alpha value is -3.36. The quantitative estimate of drug-likeness (QED) is 0.334. The number of ether oxygens (including phenoxy) is 1. The first-order valence-corrected chi connectivity index (χ1v) is 12.6. The predicted molar refractivity (Wildman–Crippen MR) is 142 cm³/mol. The van der Waals surface area contributed by atoms with E-state index in [9.17, 15) is 14.4 Å². The number of imide groups is 1. The number of thioether (sulfide) groups is 1. The van der Waals surface area contributed by atoms with E-state index in [1.807, 2.05) is 61.5 Å². The average molecular weight is 551 g/mol. The van der Waals surface area contributed by atoms with Crippen LogP contribution in [0.2, 0.25) is 0 Å². The van der Waals surface area contributed by atoms with Crippen LogP contribution in [0.3, 0.4) is 0 Å². The maximum absolute atomic E-state index is 12.8. The first-order chi connectivity index (χ1) is 16.9. The molecule has 3 aromatic carbocycles. The van der Waals surface area contributed by atoms with Gasteiger partial charge in [0.15, 0.2) is 0 Å². The first-order valence-electron chi connectivity index (χ1n) is 11.0. The molecule has 1 N–H and O–H groups in total. The summed E-state index contributed by atoms with van der Waals surface area (Å²) in [6.45, 7) is 2.14. The molecule has 8 heteroatoms. The van der Waals surface area contributed by atoms with Crippen molar-refractivity contribution in [2.45, 2.75) is 20.0 Å². The second-order valence-electron chi connectivity index (χ2n) is 7.83. The molecule has 0 bridgehead atoms. The van der Waals surface area contributed by atoms with E-state index in [2.05, 4.69) is 21.2 Å². The van der Waals surface area contributed by atoms with Gasteiger partial charge in [0.1, 0.15) is 18.9 Å². The molecule has 0 radical (unpaired) electrons. The molecular weight excluding hydrogens is 528 g/mol. The summed E-state index contributed by atoms with van der Waals surface area (Å²) in [7, 11) is 0. The molecule has 0 spiro atoms. The third-order valence-electron chi connectivity index (χ3n) is 5.31. The molecule has 3 amide bonds. The van der Waals surface area contributed by atoms with Gasteiger partial charge in [0.2, 0.25) is 5.91 Å². The van der Waals surface area contributed by atoms with Gasteiger partial charge >= 0.3 is 0 Å². The Morgan fingerprint density at radius 3 is 2.46 bits per heavy atom. The van der Waals surface area contributed by atoms with Crippen LogP contribution in [-0.4, -0.2) is 28.5 Å². The number of amides is 3. The molecule has 0 atom stereocenters. The Labute approximate surface area is 216 Å². The van der Waals surface area contributed by atoms with Gasteiger partial charge in [-0.2, -0.15) is 0 Å². The zero-order valence-electron chi connectivity index (χ0n) is 19.0. The highest BCUT2D eigenvalue weighted by molar-refractivity contribution is 9.10. The molecule has 4 rings (SSSR count). The number of nitrogens with one attached hydrogen (secondary N) is 1. The van der Waals surface area contributed by atoms with Crippen molar-refractivity contribution in [2.75, 3.05) is 11.9 Å². The molecule has 35 heavy (non-hydrogen) atoms. The van der Waals surface area contributed by atoms with Crippen LogP contribution in [0.1, 0.15) is 23.6 Å². The smallest absolute Gasteiger partial charge is 0.294 e. The molecule has 3 aromatic rings. The highest BCUT2D eigenvalue weighted by atomic mass is 79.9. The van der Waals surface area contributed by atoms with E-state index in [1.54, 1.807) is 24.3 Å². The van der Waals surface area contributed by atoms with Gasteiger partial charge in [0, 0.05) is 5.69 Å². The number of benzene rings is 3. The Kier molecular flexibility index (Phi) is 8.05. The molecule has 1 fully saturated rings. The summed E-state index contributed by atoms with van der Waals surface area (Å²) in [5, 5.41) is 2.26. The molecular formula is C27H23BrN2O4S. The van der Waals surface area contributed by atoms with Crippen molar-refractivity contribution in [2.24, 2.45) is 0 Å². The first kappa shape index (κ1) is 24.8. The number of hydrogen-bond donors (Lipinski definition) is 1. The van der Waals surface area contributed by atoms with Crippen LogP contribution in [0.25, 0.3) is 6.08 Å². The van der Waals surface area contributed by atoms with Crippen molar-refractivity contribution in [3.8, 4) is 5.75 Å². The summed E-state index contributed by atoms with van der Waals surface area (Å²) in [5.41, 5.74) is 3.56. The third kappa shape index (κ3) is 6.41. The molecule has 6 nitrogen and oxygen atoms in total. The number of halogens is 1. The number of hydrogen-bond acceptors (Lipinski definition) is 5. The molecule has 0 aliphatic carbocycles. The van der Waals surface area contributed by atoms with E-state index in [0.717, 1.165) is 44.2 Å². The van der Waals surface area contributed by atoms with Crippen LogP contribution < -0.4 is 10.1 Å². The van der Waals surface area contributed by atoms with Gasteiger partial charge in [-0.3, -0.25) is 19.3 Å². The number of nitrogens with zero attached hydrogens (tertiary/aromatic N) is 1. The zero-order chi connectivity index (χ0) is 24.8. The lowest BCUT2D eigenvalue weighted by Gasteiger charge is -2.12. The normalized spacial score (nSPS) is 14.5. The van der Waals surface area contributed by atoms with Gasteiger partial charge in [0.05, 0.1) is 9.38 Å². The monoisotopic (exact) mass is 550 g/mol. The zero-order valence-corrected chi connectivity index (χ0v) is 21.4. The molecule has 1 saturated heterocycles. The second-order valence-corrected chi connectivity index (χ2v) is 9.68. The van der Waals surface area contributed by atoms with E-state index in [1.165, 1.54) is 0 Å². The van der Waals surface area contributed by atoms with E-state index < -0.39 is 17.1 Å². The lowest BCUT2D eigenvalue weighted by molar-refractivity contribution is -0.127. The van der Waals surface area contributed by atoms with E-state index in [0.29, 0.717) is 18.0 Å². The van der Waals surface area contributed by atoms with Crippen LogP contribution in [0.15, 0.2) is 82.2 Å². The Balaban J connectivity index is 1.38. The minimum absolute atomic E-state index is 0.264. The van der Waals surface area contributed by atoms with E-state index in [-0.39, 0.29) is 11.4 Å². The fraction of sp³-hybridized carbons (Fsp3) is 0.148. The lowest BCUT2D eigenvalue weighted by atomic mass is 10.1. The molecule has 1 heterocycles. The van der Waals surface area contributed by atoms with E-state index in [4.69, 9.17) is 4.74 Å². The minimum Gasteiger partial charge on any atom is -0.488 e. The number of rotatable bonds is 8. The van der Waals surface area contributed by atoms with Crippen LogP contribution in [0.4, 0.5) is 10.5 Å². The number of carbonyl (C=O) groups excluding carboxylic acids is 3. The Morgan fingerprint density at radius 1 is 1.03 bits per heavy atom. The predicted octanol–water partition coefficient (Wildman–Crippen LogP) is 6.27. The molecule has 0 aromatic heterocycles. The van der Waals surface area contributed by atoms with E-state index >= 15 is 0 Å². The Bertz CT molecular complexity index is 1280. The molecule has 0 saturated carbocycles. The van der Waals surface area contributed by atoms with Gasteiger partial charge in [-0.1, -0.05) is 55.5 Å². The van der Waals surface area contributed by atoms with Crippen LogP contribution in [-0.2, 0) is 22.6 Å². The van der Waals surface area contributed by atoms with Crippen molar-refractivity contribution in [1.29, 1.82) is 0 Å². The maximum atomic E-state index is 12.8. The number of aryl methyl sites for hydroxylation is 1. The van der Waals surface area contributed by atoms with Crippen molar-refractivity contribution in [3.05, 3.63) is 98.9 Å². The minimum atomic E-state index is -0.489. The van der Waals surface area contributed by atoms with Crippen LogP contribution >= 0.6 is 27.7 Å². The van der Waals surface area contributed by atoms with Gasteiger partial charge in [-0.05, 0) is 81.1 Å². The number of carbonyl (C=O) groups is 3. The van der Waals surface area contributed by atoms with Gasteiger partial charge < -0.3 is 10.1 Å². The maximum Gasteiger partial charge on any atom is 0.294 e. The van der Waals surface area contributed by atoms with Gasteiger partial charge in [0.25, 0.3) is 11.1 Å². The van der Waals surface area contributed by atoms with Crippen LogP contribution in [0.5, 0.6) is 5.75 Å². The third-order valence-corrected chi connectivity index (χ3v) is 6.84. The second kappa shape index (κ2) is 11.4. The fourth-order valence-corrected chi connectivity index (χ4v) is 4.76. The standard InChI is InChI=1S/C27H23BrN2O4S/c1-2-18-8-11-21(12-9-18)29-25(31)16-30-26(32)24(35-27(30)33)15-20-10-13-23(22(28)14-20)34-17-19-6-4-3-5-7-19/h3-15H,2,16-17H2,1H3,(H,29,31)/b24-15+. The molecule has 0 unspecified atom stereocenters. The largest absolute Gasteiger partial charge is 0.488 e. The molecule has 178 valence electrons. The van der Waals surface area contributed by atoms with Gasteiger partial charge in [-0.25, -0.2) is 0 Å². The van der Waals surface area contributed by atoms with Crippen molar-refractivity contribution in [1.82, 2.24) is 4.90 Å².